The highest BCUT2D eigenvalue weighted by Gasteiger charge is 2.72. The summed E-state index contributed by atoms with van der Waals surface area (Å²) in [6, 6.07) is 8.09. The Kier molecular flexibility index (Phi) is 6.96. The first kappa shape index (κ1) is 23.3. The van der Waals surface area contributed by atoms with Gasteiger partial charge in [0, 0.05) is 18.0 Å². The zero-order chi connectivity index (χ0) is 22.9. The predicted octanol–water partition coefficient (Wildman–Crippen LogP) is 4.04. The van der Waals surface area contributed by atoms with E-state index >= 15 is 0 Å². The highest BCUT2D eigenvalue weighted by molar-refractivity contribution is 7.99. The summed E-state index contributed by atoms with van der Waals surface area (Å²) in [5.74, 6) is -0.938. The van der Waals surface area contributed by atoms with Gasteiger partial charge in [0.2, 0.25) is 11.8 Å². The van der Waals surface area contributed by atoms with Gasteiger partial charge < -0.3 is 4.74 Å². The first-order valence-electron chi connectivity index (χ1n) is 11.9. The highest BCUT2D eigenvalue weighted by atomic mass is 32.2. The van der Waals surface area contributed by atoms with Gasteiger partial charge in [0.05, 0.1) is 18.9 Å². The van der Waals surface area contributed by atoms with E-state index < -0.39 is 17.4 Å². The zero-order valence-corrected chi connectivity index (χ0v) is 20.2. The first-order chi connectivity index (χ1) is 15.5. The number of imide groups is 1. The number of nitrogens with zero attached hydrogens (tertiary/aromatic N) is 2. The van der Waals surface area contributed by atoms with Gasteiger partial charge in [-0.05, 0) is 55.7 Å². The molecule has 3 aliphatic rings. The Balaban J connectivity index is 1.64. The number of unbranched alkanes of at least 4 members (excludes halogenated alkanes) is 3. The number of piperidine rings is 1. The number of thioether (sulfide) groups is 1. The van der Waals surface area contributed by atoms with Crippen molar-refractivity contribution in [2.45, 2.75) is 68.3 Å². The van der Waals surface area contributed by atoms with Crippen molar-refractivity contribution in [1.29, 1.82) is 0 Å². The molecule has 3 fully saturated rings. The van der Waals surface area contributed by atoms with Crippen LogP contribution in [0.5, 0.6) is 0 Å². The molecule has 7 heteroatoms. The number of esters is 1. The van der Waals surface area contributed by atoms with Gasteiger partial charge in [-0.25, -0.2) is 0 Å². The molecule has 174 valence electrons. The molecule has 4 atom stereocenters. The Morgan fingerprint density at radius 2 is 1.88 bits per heavy atom. The quantitative estimate of drug-likeness (QED) is 0.253. The number of carbonyl (C=O) groups is 3. The molecule has 2 amide bonds. The fraction of sp³-hybridized carbons (Fsp3) is 0.640. The summed E-state index contributed by atoms with van der Waals surface area (Å²) >= 11 is 1.86. The van der Waals surface area contributed by atoms with Gasteiger partial charge in [-0.3, -0.25) is 24.2 Å². The standard InChI is InChI=1S/C25H34N2O4S/c1-4-5-6-9-16-32-18-12-10-17(11-13-18)21-19-20(23(29)26(2)22(19)28)25(24(30)31-3)14-7-8-15-27(21)25/h10-13,19-21H,4-9,14-16H2,1-3H3/t19?,20?,21?,25-/m0/s1. The Morgan fingerprint density at radius 3 is 2.56 bits per heavy atom. The van der Waals surface area contributed by atoms with Crippen LogP contribution in [0, 0.1) is 11.8 Å². The van der Waals surface area contributed by atoms with Gasteiger partial charge in [-0.1, -0.05) is 38.3 Å². The molecule has 0 aliphatic carbocycles. The molecule has 0 radical (unpaired) electrons. The molecule has 3 aliphatic heterocycles. The smallest absolute Gasteiger partial charge is 0.327 e. The molecule has 1 aromatic carbocycles. The fourth-order valence-electron chi connectivity index (χ4n) is 5.98. The van der Waals surface area contributed by atoms with E-state index in [1.807, 2.05) is 11.8 Å². The van der Waals surface area contributed by atoms with Crippen LogP contribution in [0.2, 0.25) is 0 Å². The zero-order valence-electron chi connectivity index (χ0n) is 19.3. The minimum absolute atomic E-state index is 0.183. The van der Waals surface area contributed by atoms with Crippen LogP contribution in [0.4, 0.5) is 0 Å². The summed E-state index contributed by atoms with van der Waals surface area (Å²) in [6.07, 6.45) is 7.34. The number of fused-ring (bicyclic) bond motifs is 3. The van der Waals surface area contributed by atoms with E-state index in [4.69, 9.17) is 4.74 Å². The van der Waals surface area contributed by atoms with Crippen molar-refractivity contribution in [2.75, 3.05) is 26.5 Å². The lowest BCUT2D eigenvalue weighted by Crippen LogP contribution is -2.59. The maximum atomic E-state index is 13.2. The van der Waals surface area contributed by atoms with Crippen LogP contribution in [-0.4, -0.2) is 59.6 Å². The van der Waals surface area contributed by atoms with Crippen molar-refractivity contribution in [3.8, 4) is 0 Å². The third-order valence-electron chi connectivity index (χ3n) is 7.51. The maximum absolute atomic E-state index is 13.2. The van der Waals surface area contributed by atoms with Crippen LogP contribution in [-0.2, 0) is 19.1 Å². The topological polar surface area (TPSA) is 66.9 Å². The SMILES string of the molecule is CCCCCCSc1ccc(C2C3C(=O)N(C)C(=O)C3[C@]3(C(=O)OC)CCCCN23)cc1. The number of ether oxygens (including phenoxy) is 1. The number of hydrogen-bond donors (Lipinski definition) is 0. The monoisotopic (exact) mass is 458 g/mol. The molecule has 0 saturated carbocycles. The number of carbonyl (C=O) groups excluding carboxylic acids is 3. The molecule has 1 aromatic rings. The molecule has 3 heterocycles. The van der Waals surface area contributed by atoms with Crippen LogP contribution in [0.1, 0.15) is 63.5 Å². The number of methoxy groups -OCH3 is 1. The Morgan fingerprint density at radius 1 is 1.12 bits per heavy atom. The molecule has 4 rings (SSSR count). The van der Waals surface area contributed by atoms with Crippen LogP contribution < -0.4 is 0 Å². The van der Waals surface area contributed by atoms with E-state index in [1.165, 1.54) is 49.6 Å². The summed E-state index contributed by atoms with van der Waals surface area (Å²) in [6.45, 7) is 2.90. The molecule has 0 aromatic heterocycles. The van der Waals surface area contributed by atoms with E-state index in [0.717, 1.165) is 24.2 Å². The molecular formula is C25H34N2O4S. The van der Waals surface area contributed by atoms with Crippen LogP contribution in [0.3, 0.4) is 0 Å². The van der Waals surface area contributed by atoms with E-state index in [-0.39, 0.29) is 23.8 Å². The summed E-state index contributed by atoms with van der Waals surface area (Å²) in [5.41, 5.74) is -0.0496. The minimum atomic E-state index is -1.05. The maximum Gasteiger partial charge on any atom is 0.327 e. The molecule has 6 nitrogen and oxygen atoms in total. The van der Waals surface area contributed by atoms with Gasteiger partial charge in [-0.2, -0.15) is 0 Å². The van der Waals surface area contributed by atoms with Crippen molar-refractivity contribution in [3.63, 3.8) is 0 Å². The number of likely N-dealkylation sites (tertiary alicyclic amines) is 1. The Hall–Kier alpha value is -1.86. The largest absolute Gasteiger partial charge is 0.468 e. The molecule has 3 saturated heterocycles. The van der Waals surface area contributed by atoms with Gasteiger partial charge in [0.15, 0.2) is 0 Å². The van der Waals surface area contributed by atoms with E-state index in [1.54, 1.807) is 0 Å². The summed E-state index contributed by atoms with van der Waals surface area (Å²) < 4.78 is 5.23. The van der Waals surface area contributed by atoms with Crippen LogP contribution in [0.25, 0.3) is 0 Å². The summed E-state index contributed by atoms with van der Waals surface area (Å²) in [7, 11) is 2.92. The molecule has 32 heavy (non-hydrogen) atoms. The van der Waals surface area contributed by atoms with Crippen molar-refractivity contribution < 1.29 is 19.1 Å². The minimum Gasteiger partial charge on any atom is -0.468 e. The second kappa shape index (κ2) is 9.56. The van der Waals surface area contributed by atoms with Gasteiger partial charge in [-0.15, -0.1) is 11.8 Å². The van der Waals surface area contributed by atoms with Crippen LogP contribution in [0.15, 0.2) is 29.2 Å². The molecule has 0 N–H and O–H groups in total. The van der Waals surface area contributed by atoms with Crippen molar-refractivity contribution in [3.05, 3.63) is 29.8 Å². The highest BCUT2D eigenvalue weighted by Crippen LogP contribution is 2.58. The average Bonchev–Trinajstić information content (AvgIpc) is 3.25. The summed E-state index contributed by atoms with van der Waals surface area (Å²) in [4.78, 5) is 44.1. The lowest BCUT2D eigenvalue weighted by atomic mass is 9.75. The van der Waals surface area contributed by atoms with Crippen molar-refractivity contribution in [2.24, 2.45) is 11.8 Å². The van der Waals surface area contributed by atoms with E-state index in [9.17, 15) is 14.4 Å². The van der Waals surface area contributed by atoms with Gasteiger partial charge in [0.25, 0.3) is 0 Å². The van der Waals surface area contributed by atoms with Crippen molar-refractivity contribution in [1.82, 2.24) is 9.80 Å². The molecular weight excluding hydrogens is 424 g/mol. The normalized spacial score (nSPS) is 29.8. The number of amides is 2. The second-order valence-corrected chi connectivity index (χ2v) is 10.4. The second-order valence-electron chi connectivity index (χ2n) is 9.23. The Bertz CT molecular complexity index is 873. The predicted molar refractivity (Wildman–Crippen MR) is 124 cm³/mol. The third kappa shape index (κ3) is 3.67. The van der Waals surface area contributed by atoms with E-state index in [0.29, 0.717) is 13.0 Å². The number of rotatable bonds is 8. The first-order valence-corrected chi connectivity index (χ1v) is 12.8. The third-order valence-corrected chi connectivity index (χ3v) is 8.61. The Labute approximate surface area is 195 Å². The van der Waals surface area contributed by atoms with Crippen LogP contribution >= 0.6 is 11.8 Å². The van der Waals surface area contributed by atoms with Gasteiger partial charge >= 0.3 is 5.97 Å². The lowest BCUT2D eigenvalue weighted by Gasteiger charge is -2.44. The number of benzene rings is 1. The van der Waals surface area contributed by atoms with Crippen molar-refractivity contribution >= 4 is 29.5 Å². The molecule has 3 unspecified atom stereocenters. The fourth-order valence-corrected chi connectivity index (χ4v) is 6.89. The van der Waals surface area contributed by atoms with E-state index in [2.05, 4.69) is 36.1 Å². The molecule has 0 spiro atoms. The number of hydrogen-bond acceptors (Lipinski definition) is 6. The average molecular weight is 459 g/mol. The lowest BCUT2D eigenvalue weighted by molar-refractivity contribution is -0.163. The summed E-state index contributed by atoms with van der Waals surface area (Å²) in [5, 5.41) is 0. The molecule has 0 bridgehead atoms. The van der Waals surface area contributed by atoms with Gasteiger partial charge in [0.1, 0.15) is 5.54 Å².